The summed E-state index contributed by atoms with van der Waals surface area (Å²) in [5, 5.41) is 7.21. The van der Waals surface area contributed by atoms with Gasteiger partial charge in [-0.15, -0.1) is 0 Å². The first kappa shape index (κ1) is 21.9. The Kier molecular flexibility index (Phi) is 7.17. The molecule has 2 aromatic rings. The van der Waals surface area contributed by atoms with Gasteiger partial charge in [-0.05, 0) is 38.5 Å². The molecule has 1 heterocycles. The Morgan fingerprint density at radius 2 is 2.07 bits per heavy atom. The Bertz CT molecular complexity index is 808. The molecular weight excluding hydrogens is 378 g/mol. The van der Waals surface area contributed by atoms with Gasteiger partial charge >= 0.3 is 12.3 Å². The quantitative estimate of drug-likeness (QED) is 0.643. The van der Waals surface area contributed by atoms with Crippen molar-refractivity contribution in [1.82, 2.24) is 15.1 Å². The number of halogens is 4. The smallest absolute Gasteiger partial charge is 0.330 e. The monoisotopic (exact) mass is 401 g/mol. The maximum Gasteiger partial charge on any atom is 0.330 e. The second-order valence-electron chi connectivity index (χ2n) is 6.48. The minimum Gasteiger partial charge on any atom is -0.370 e. The number of aryl methyl sites for hydroxylation is 2. The van der Waals surface area contributed by atoms with E-state index in [0.717, 1.165) is 11.3 Å². The van der Waals surface area contributed by atoms with Gasteiger partial charge < -0.3 is 10.1 Å². The molecule has 1 unspecified atom stereocenters. The fourth-order valence-corrected chi connectivity index (χ4v) is 2.65. The molecule has 0 aliphatic rings. The zero-order chi connectivity index (χ0) is 20.9. The number of carbonyl (C=O) groups excluding carboxylic acids is 1. The number of ether oxygens (including phenoxy) is 1. The van der Waals surface area contributed by atoms with Crippen LogP contribution in [0.5, 0.6) is 0 Å². The van der Waals surface area contributed by atoms with Crippen LogP contribution in [-0.4, -0.2) is 34.6 Å². The highest BCUT2D eigenvalue weighted by Crippen LogP contribution is 2.23. The summed E-state index contributed by atoms with van der Waals surface area (Å²) in [4.78, 5) is 12.5. The lowest BCUT2D eigenvalue weighted by atomic mass is 10.1. The van der Waals surface area contributed by atoms with E-state index in [2.05, 4.69) is 15.2 Å². The molecule has 0 aliphatic heterocycles. The molecule has 9 heteroatoms. The van der Waals surface area contributed by atoms with Crippen molar-refractivity contribution in [2.45, 2.75) is 52.3 Å². The van der Waals surface area contributed by atoms with E-state index in [9.17, 15) is 22.4 Å². The Hall–Kier alpha value is -2.42. The van der Waals surface area contributed by atoms with E-state index in [1.807, 2.05) is 27.0 Å². The summed E-state index contributed by atoms with van der Waals surface area (Å²) < 4.78 is 56.5. The van der Waals surface area contributed by atoms with E-state index in [1.165, 1.54) is 6.07 Å². The van der Waals surface area contributed by atoms with Crippen molar-refractivity contribution in [1.29, 1.82) is 0 Å². The maximum atomic E-state index is 12.9. The fourth-order valence-electron chi connectivity index (χ4n) is 2.65. The number of benzene rings is 1. The molecule has 0 radical (unpaired) electrons. The molecule has 0 spiro atoms. The molecule has 28 heavy (non-hydrogen) atoms. The van der Waals surface area contributed by atoms with Gasteiger partial charge in [-0.2, -0.15) is 13.9 Å². The van der Waals surface area contributed by atoms with Crippen LogP contribution in [0.4, 0.5) is 17.6 Å². The SMILES string of the molecule is CCn1cc(C(C)NC(=O)c2cccc(COCC(F)(F)C(F)F)c2)c(C)n1. The molecule has 0 saturated heterocycles. The topological polar surface area (TPSA) is 56.2 Å². The van der Waals surface area contributed by atoms with Gasteiger partial charge in [0.05, 0.1) is 18.3 Å². The van der Waals surface area contributed by atoms with Crippen LogP contribution in [0.2, 0.25) is 0 Å². The second-order valence-corrected chi connectivity index (χ2v) is 6.48. The van der Waals surface area contributed by atoms with E-state index in [4.69, 9.17) is 0 Å². The molecule has 1 N–H and O–H groups in total. The predicted molar refractivity (Wildman–Crippen MR) is 95.6 cm³/mol. The number of amides is 1. The van der Waals surface area contributed by atoms with Gasteiger partial charge in [0.15, 0.2) is 0 Å². The van der Waals surface area contributed by atoms with Crippen LogP contribution >= 0.6 is 0 Å². The largest absolute Gasteiger partial charge is 0.370 e. The first-order valence-corrected chi connectivity index (χ1v) is 8.81. The van der Waals surface area contributed by atoms with Gasteiger partial charge in [-0.1, -0.05) is 12.1 Å². The van der Waals surface area contributed by atoms with Gasteiger partial charge in [-0.3, -0.25) is 9.48 Å². The van der Waals surface area contributed by atoms with Crippen molar-refractivity contribution in [2.75, 3.05) is 6.61 Å². The summed E-state index contributed by atoms with van der Waals surface area (Å²) in [6.45, 7) is 4.68. The molecule has 0 fully saturated rings. The predicted octanol–water partition coefficient (Wildman–Crippen LogP) is 4.12. The average molecular weight is 401 g/mol. The summed E-state index contributed by atoms with van der Waals surface area (Å²) in [7, 11) is 0. The lowest BCUT2D eigenvalue weighted by molar-refractivity contribution is -0.168. The minimum absolute atomic E-state index is 0.280. The highest BCUT2D eigenvalue weighted by atomic mass is 19.3. The maximum absolute atomic E-state index is 12.9. The van der Waals surface area contributed by atoms with Crippen LogP contribution in [-0.2, 0) is 17.9 Å². The summed E-state index contributed by atoms with van der Waals surface area (Å²) in [6, 6.07) is 5.91. The molecule has 2 rings (SSSR count). The van der Waals surface area contributed by atoms with Crippen LogP contribution in [0.3, 0.4) is 0 Å². The number of rotatable bonds is 9. The number of carbonyl (C=O) groups is 1. The number of hydrogen-bond acceptors (Lipinski definition) is 3. The minimum atomic E-state index is -4.20. The lowest BCUT2D eigenvalue weighted by Gasteiger charge is -2.16. The van der Waals surface area contributed by atoms with E-state index in [1.54, 1.807) is 22.9 Å². The zero-order valence-corrected chi connectivity index (χ0v) is 15.9. The van der Waals surface area contributed by atoms with E-state index >= 15 is 0 Å². The summed E-state index contributed by atoms with van der Waals surface area (Å²) in [5.41, 5.74) is 2.45. The average Bonchev–Trinajstić information content (AvgIpc) is 3.02. The summed E-state index contributed by atoms with van der Waals surface area (Å²) in [6.07, 6.45) is -1.92. The molecule has 1 atom stereocenters. The van der Waals surface area contributed by atoms with Gasteiger partial charge in [0.1, 0.15) is 6.61 Å². The second kappa shape index (κ2) is 9.18. The number of nitrogens with zero attached hydrogens (tertiary/aromatic N) is 2. The van der Waals surface area contributed by atoms with E-state index in [0.29, 0.717) is 17.7 Å². The molecule has 0 aliphatic carbocycles. The third kappa shape index (κ3) is 5.54. The standard InChI is InChI=1S/C19H23F4N3O2/c1-4-26-9-16(13(3)25-26)12(2)24-17(27)15-7-5-6-14(8-15)10-28-11-19(22,23)18(20)21/h5-9,12,18H,4,10-11H2,1-3H3,(H,24,27). The van der Waals surface area contributed by atoms with Crippen molar-refractivity contribution in [3.63, 3.8) is 0 Å². The van der Waals surface area contributed by atoms with Crippen LogP contribution in [0, 0.1) is 6.92 Å². The Morgan fingerprint density at radius 1 is 1.36 bits per heavy atom. The van der Waals surface area contributed by atoms with Crippen LogP contribution in [0.25, 0.3) is 0 Å². The third-order valence-corrected chi connectivity index (χ3v) is 4.19. The molecule has 1 aromatic heterocycles. The molecule has 154 valence electrons. The van der Waals surface area contributed by atoms with Gasteiger partial charge in [0.25, 0.3) is 5.91 Å². The number of alkyl halides is 4. The van der Waals surface area contributed by atoms with Crippen molar-refractivity contribution < 1.29 is 27.1 Å². The highest BCUT2D eigenvalue weighted by Gasteiger charge is 2.40. The number of hydrogen-bond donors (Lipinski definition) is 1. The molecule has 1 amide bonds. The number of aromatic nitrogens is 2. The van der Waals surface area contributed by atoms with E-state index < -0.39 is 19.0 Å². The van der Waals surface area contributed by atoms with Gasteiger partial charge in [-0.25, -0.2) is 8.78 Å². The Morgan fingerprint density at radius 3 is 2.68 bits per heavy atom. The molecule has 1 aromatic carbocycles. The van der Waals surface area contributed by atoms with Crippen molar-refractivity contribution in [3.05, 3.63) is 52.8 Å². The fraction of sp³-hybridized carbons (Fsp3) is 0.474. The summed E-state index contributed by atoms with van der Waals surface area (Å²) in [5.74, 6) is -4.55. The Balaban J connectivity index is 1.98. The first-order valence-electron chi connectivity index (χ1n) is 8.81. The summed E-state index contributed by atoms with van der Waals surface area (Å²) >= 11 is 0. The molecular formula is C19H23F4N3O2. The highest BCUT2D eigenvalue weighted by molar-refractivity contribution is 5.94. The van der Waals surface area contributed by atoms with E-state index in [-0.39, 0.29) is 18.6 Å². The van der Waals surface area contributed by atoms with Crippen molar-refractivity contribution in [3.8, 4) is 0 Å². The normalized spacial score (nSPS) is 13.0. The van der Waals surface area contributed by atoms with Crippen molar-refractivity contribution >= 4 is 5.91 Å². The van der Waals surface area contributed by atoms with Crippen LogP contribution in [0.15, 0.2) is 30.5 Å². The number of nitrogens with one attached hydrogen (secondary N) is 1. The van der Waals surface area contributed by atoms with Crippen molar-refractivity contribution in [2.24, 2.45) is 0 Å². The third-order valence-electron chi connectivity index (χ3n) is 4.19. The molecule has 0 saturated carbocycles. The van der Waals surface area contributed by atoms with Gasteiger partial charge in [0, 0.05) is 23.9 Å². The zero-order valence-electron chi connectivity index (χ0n) is 15.9. The van der Waals surface area contributed by atoms with Crippen LogP contribution < -0.4 is 5.32 Å². The Labute approximate surface area is 160 Å². The first-order chi connectivity index (χ1) is 13.1. The van der Waals surface area contributed by atoms with Crippen LogP contribution in [0.1, 0.15) is 47.1 Å². The molecule has 5 nitrogen and oxygen atoms in total. The lowest BCUT2D eigenvalue weighted by Crippen LogP contribution is -2.32. The molecule has 0 bridgehead atoms. The van der Waals surface area contributed by atoms with Gasteiger partial charge in [0.2, 0.25) is 0 Å².